The summed E-state index contributed by atoms with van der Waals surface area (Å²) in [7, 11) is 0. The molecule has 0 aliphatic heterocycles. The monoisotopic (exact) mass is 354 g/mol. The molecule has 1 amide bonds. The highest BCUT2D eigenvalue weighted by molar-refractivity contribution is 7.13. The lowest BCUT2D eigenvalue weighted by Gasteiger charge is -2.12. The lowest BCUT2D eigenvalue weighted by Crippen LogP contribution is -2.16. The predicted molar refractivity (Wildman–Crippen MR) is 100 cm³/mol. The van der Waals surface area contributed by atoms with Crippen LogP contribution < -0.4 is 5.32 Å². The van der Waals surface area contributed by atoms with Crippen LogP contribution >= 0.6 is 11.3 Å². The normalized spacial score (nSPS) is 10.7. The zero-order valence-corrected chi connectivity index (χ0v) is 15.0. The summed E-state index contributed by atoms with van der Waals surface area (Å²) in [6.07, 6.45) is 1.06. The van der Waals surface area contributed by atoms with Crippen molar-refractivity contribution in [2.75, 3.05) is 5.32 Å². The van der Waals surface area contributed by atoms with Crippen LogP contribution in [-0.2, 0) is 17.6 Å². The highest BCUT2D eigenvalue weighted by Gasteiger charge is 2.12. The Morgan fingerprint density at radius 3 is 2.80 bits per heavy atom. The van der Waals surface area contributed by atoms with Crippen LogP contribution in [0.4, 0.5) is 10.1 Å². The topological polar surface area (TPSA) is 42.0 Å². The van der Waals surface area contributed by atoms with Crippen LogP contribution in [0, 0.1) is 12.7 Å². The van der Waals surface area contributed by atoms with E-state index in [2.05, 4.69) is 17.2 Å². The summed E-state index contributed by atoms with van der Waals surface area (Å²) >= 11 is 1.41. The van der Waals surface area contributed by atoms with Crippen LogP contribution in [0.25, 0.3) is 10.6 Å². The highest BCUT2D eigenvalue weighted by atomic mass is 32.1. The summed E-state index contributed by atoms with van der Waals surface area (Å²) in [6, 6.07) is 12.3. The maximum Gasteiger partial charge on any atom is 0.230 e. The summed E-state index contributed by atoms with van der Waals surface area (Å²) in [6.45, 7) is 4.05. The van der Waals surface area contributed by atoms with Crippen molar-refractivity contribution in [3.8, 4) is 10.6 Å². The molecule has 128 valence electrons. The maximum absolute atomic E-state index is 13.3. The SMILES string of the molecule is CCc1cccc(C)c1NC(=O)Cc1csc(-c2cccc(F)c2)n1. The number of amides is 1. The van der Waals surface area contributed by atoms with Gasteiger partial charge in [-0.25, -0.2) is 9.37 Å². The van der Waals surface area contributed by atoms with Gasteiger partial charge in [-0.1, -0.05) is 37.3 Å². The first kappa shape index (κ1) is 17.3. The molecule has 0 atom stereocenters. The summed E-state index contributed by atoms with van der Waals surface area (Å²) in [5, 5.41) is 5.56. The molecular weight excluding hydrogens is 335 g/mol. The molecule has 25 heavy (non-hydrogen) atoms. The zero-order valence-electron chi connectivity index (χ0n) is 14.2. The van der Waals surface area contributed by atoms with Gasteiger partial charge in [-0.05, 0) is 36.6 Å². The van der Waals surface area contributed by atoms with E-state index in [1.54, 1.807) is 6.07 Å². The van der Waals surface area contributed by atoms with E-state index in [9.17, 15) is 9.18 Å². The molecule has 0 aliphatic carbocycles. The van der Waals surface area contributed by atoms with Gasteiger partial charge in [0.2, 0.25) is 5.91 Å². The molecule has 0 spiro atoms. The molecule has 0 aliphatic rings. The standard InChI is InChI=1S/C20H19FN2OS/c1-3-14-7-4-6-13(2)19(14)23-18(24)11-17-12-25-20(22-17)15-8-5-9-16(21)10-15/h4-10,12H,3,11H2,1-2H3,(H,23,24). The number of para-hydroxylation sites is 1. The number of anilines is 1. The van der Waals surface area contributed by atoms with E-state index in [4.69, 9.17) is 0 Å². The van der Waals surface area contributed by atoms with Gasteiger partial charge in [-0.3, -0.25) is 4.79 Å². The Morgan fingerprint density at radius 1 is 1.24 bits per heavy atom. The number of aromatic nitrogens is 1. The second-order valence-electron chi connectivity index (χ2n) is 5.84. The Balaban J connectivity index is 1.72. The van der Waals surface area contributed by atoms with Gasteiger partial charge in [0.1, 0.15) is 10.8 Å². The fourth-order valence-electron chi connectivity index (χ4n) is 2.69. The quantitative estimate of drug-likeness (QED) is 0.700. The molecule has 0 saturated carbocycles. The van der Waals surface area contributed by atoms with Crippen molar-refractivity contribution >= 4 is 22.9 Å². The van der Waals surface area contributed by atoms with Crippen LogP contribution in [-0.4, -0.2) is 10.9 Å². The Hall–Kier alpha value is -2.53. The molecule has 0 unspecified atom stereocenters. The summed E-state index contributed by atoms with van der Waals surface area (Å²) in [5.74, 6) is -0.390. The van der Waals surface area contributed by atoms with Gasteiger partial charge in [0.05, 0.1) is 12.1 Å². The number of halogens is 1. The van der Waals surface area contributed by atoms with E-state index < -0.39 is 0 Å². The molecule has 2 aromatic carbocycles. The van der Waals surface area contributed by atoms with Gasteiger partial charge in [-0.15, -0.1) is 11.3 Å². The number of benzene rings is 2. The number of nitrogens with zero attached hydrogens (tertiary/aromatic N) is 1. The van der Waals surface area contributed by atoms with Crippen molar-refractivity contribution < 1.29 is 9.18 Å². The van der Waals surface area contributed by atoms with Crippen molar-refractivity contribution in [1.82, 2.24) is 4.98 Å². The third kappa shape index (κ3) is 4.12. The second kappa shape index (κ2) is 7.57. The first-order valence-electron chi connectivity index (χ1n) is 8.15. The summed E-state index contributed by atoms with van der Waals surface area (Å²) < 4.78 is 13.3. The minimum atomic E-state index is -0.293. The van der Waals surface area contributed by atoms with Crippen molar-refractivity contribution in [2.45, 2.75) is 26.7 Å². The van der Waals surface area contributed by atoms with Crippen LogP contribution in [0.15, 0.2) is 47.8 Å². The van der Waals surface area contributed by atoms with E-state index in [-0.39, 0.29) is 18.1 Å². The van der Waals surface area contributed by atoms with Crippen molar-refractivity contribution in [3.63, 3.8) is 0 Å². The van der Waals surface area contributed by atoms with Crippen LogP contribution in [0.3, 0.4) is 0 Å². The molecular formula is C20H19FN2OS. The molecule has 1 N–H and O–H groups in total. The molecule has 3 rings (SSSR count). The lowest BCUT2D eigenvalue weighted by molar-refractivity contribution is -0.115. The average Bonchev–Trinajstić information content (AvgIpc) is 3.05. The Bertz CT molecular complexity index is 904. The van der Waals surface area contributed by atoms with E-state index in [1.807, 2.05) is 36.6 Å². The number of nitrogens with one attached hydrogen (secondary N) is 1. The van der Waals surface area contributed by atoms with E-state index in [0.29, 0.717) is 10.7 Å². The average molecular weight is 354 g/mol. The number of carbonyl (C=O) groups excluding carboxylic acids is 1. The smallest absolute Gasteiger partial charge is 0.230 e. The molecule has 5 heteroatoms. The predicted octanol–water partition coefficient (Wildman–Crippen LogP) is 5.00. The van der Waals surface area contributed by atoms with Crippen LogP contribution in [0.2, 0.25) is 0 Å². The van der Waals surface area contributed by atoms with E-state index in [1.165, 1.54) is 23.5 Å². The Morgan fingerprint density at radius 2 is 2.04 bits per heavy atom. The molecule has 0 radical (unpaired) electrons. The number of carbonyl (C=O) groups is 1. The highest BCUT2D eigenvalue weighted by Crippen LogP contribution is 2.25. The second-order valence-corrected chi connectivity index (χ2v) is 6.70. The first-order chi connectivity index (χ1) is 12.1. The van der Waals surface area contributed by atoms with Crippen molar-refractivity contribution in [1.29, 1.82) is 0 Å². The fraction of sp³-hybridized carbons (Fsp3) is 0.200. The summed E-state index contributed by atoms with van der Waals surface area (Å²) in [4.78, 5) is 16.9. The van der Waals surface area contributed by atoms with Gasteiger partial charge < -0.3 is 5.32 Å². The molecule has 3 aromatic rings. The number of hydrogen-bond donors (Lipinski definition) is 1. The molecule has 1 heterocycles. The lowest BCUT2D eigenvalue weighted by atomic mass is 10.1. The van der Waals surface area contributed by atoms with Gasteiger partial charge in [0.25, 0.3) is 0 Å². The Kier molecular flexibility index (Phi) is 5.24. The third-order valence-corrected chi connectivity index (χ3v) is 4.91. The van der Waals surface area contributed by atoms with Gasteiger partial charge in [0.15, 0.2) is 0 Å². The van der Waals surface area contributed by atoms with E-state index in [0.717, 1.165) is 28.8 Å². The summed E-state index contributed by atoms with van der Waals surface area (Å²) in [5.41, 5.74) is 4.46. The molecule has 0 bridgehead atoms. The first-order valence-corrected chi connectivity index (χ1v) is 9.03. The van der Waals surface area contributed by atoms with Crippen molar-refractivity contribution in [2.24, 2.45) is 0 Å². The maximum atomic E-state index is 13.3. The van der Waals surface area contributed by atoms with Gasteiger partial charge in [0, 0.05) is 16.6 Å². The largest absolute Gasteiger partial charge is 0.325 e. The van der Waals surface area contributed by atoms with Gasteiger partial charge in [-0.2, -0.15) is 0 Å². The van der Waals surface area contributed by atoms with Gasteiger partial charge >= 0.3 is 0 Å². The van der Waals surface area contributed by atoms with Crippen LogP contribution in [0.1, 0.15) is 23.7 Å². The number of rotatable bonds is 5. The Labute approximate surface area is 150 Å². The molecule has 1 aromatic heterocycles. The molecule has 0 saturated heterocycles. The minimum Gasteiger partial charge on any atom is -0.325 e. The third-order valence-electron chi connectivity index (χ3n) is 3.97. The van der Waals surface area contributed by atoms with Crippen molar-refractivity contribution in [3.05, 3.63) is 70.5 Å². The van der Waals surface area contributed by atoms with E-state index >= 15 is 0 Å². The number of aryl methyl sites for hydroxylation is 2. The fourth-order valence-corrected chi connectivity index (χ4v) is 3.51. The molecule has 0 fully saturated rings. The number of hydrogen-bond acceptors (Lipinski definition) is 3. The van der Waals surface area contributed by atoms with Crippen LogP contribution in [0.5, 0.6) is 0 Å². The zero-order chi connectivity index (χ0) is 17.8. The minimum absolute atomic E-state index is 0.0971. The molecule has 3 nitrogen and oxygen atoms in total. The number of thiazole rings is 1.